The molecule has 0 aromatic carbocycles. The van der Waals surface area contributed by atoms with Gasteiger partial charge in [0.25, 0.3) is 0 Å². The van der Waals surface area contributed by atoms with Gasteiger partial charge in [0.1, 0.15) is 6.10 Å². The monoisotopic (exact) mass is 486 g/mol. The van der Waals surface area contributed by atoms with Crippen LogP contribution in [0.2, 0.25) is 0 Å². The van der Waals surface area contributed by atoms with Gasteiger partial charge in [-0.05, 0) is 75.2 Å². The summed E-state index contributed by atoms with van der Waals surface area (Å²) in [4.78, 5) is 25.8. The third-order valence-corrected chi connectivity index (χ3v) is 13.8. The Kier molecular flexibility index (Phi) is 4.80. The second-order valence-electron chi connectivity index (χ2n) is 12.6. The van der Waals surface area contributed by atoms with Gasteiger partial charge in [-0.15, -0.1) is 11.8 Å². The first-order valence-corrected chi connectivity index (χ1v) is 14.0. The largest absolute Gasteiger partial charge is 0.458 e. The van der Waals surface area contributed by atoms with E-state index >= 15 is 0 Å². The van der Waals surface area contributed by atoms with Crippen LogP contribution in [0.15, 0.2) is 23.3 Å². The lowest BCUT2D eigenvalue weighted by molar-refractivity contribution is -0.186. The maximum absolute atomic E-state index is 13.4. The third-order valence-electron chi connectivity index (χ3n) is 11.9. The molecule has 0 amide bonds. The number of ether oxygens (including phenoxy) is 1. The van der Waals surface area contributed by atoms with Gasteiger partial charge in [-0.3, -0.25) is 4.79 Å². The number of aliphatic hydroxyl groups is 2. The molecule has 1 saturated heterocycles. The molecule has 0 aromatic rings. The number of hydrogen-bond acceptors (Lipinski definition) is 6. The molecule has 11 atom stereocenters. The SMILES string of the molecule is CC1=C(C)C(=O)OC([C@@H](C)[C@@]2(O)CC[C@H]3[C@@H]4C[C@@H]5S[C@@]56[C@@H](O)C=CC(=O)[C@]6(C)[C@H]4CC[C@@]32C)C1. The fourth-order valence-corrected chi connectivity index (χ4v) is 11.4. The zero-order valence-electron chi connectivity index (χ0n) is 21.0. The molecular formula is C28H38O5S. The van der Waals surface area contributed by atoms with Crippen LogP contribution in [0.5, 0.6) is 0 Å². The highest BCUT2D eigenvalue weighted by molar-refractivity contribution is 8.08. The summed E-state index contributed by atoms with van der Waals surface area (Å²) in [5.41, 5.74) is 0.0456. The quantitative estimate of drug-likeness (QED) is 0.449. The van der Waals surface area contributed by atoms with Gasteiger partial charge in [-0.2, -0.15) is 0 Å². The molecule has 3 saturated carbocycles. The van der Waals surface area contributed by atoms with E-state index in [1.54, 1.807) is 12.2 Å². The molecule has 5 nitrogen and oxygen atoms in total. The van der Waals surface area contributed by atoms with E-state index in [-0.39, 0.29) is 39.9 Å². The summed E-state index contributed by atoms with van der Waals surface area (Å²) >= 11 is 1.82. The lowest BCUT2D eigenvalue weighted by atomic mass is 9.44. The molecule has 1 spiro atoms. The van der Waals surface area contributed by atoms with Gasteiger partial charge < -0.3 is 14.9 Å². The van der Waals surface area contributed by atoms with Crippen LogP contribution in [0.3, 0.4) is 0 Å². The number of ketones is 1. The predicted octanol–water partition coefficient (Wildman–Crippen LogP) is 4.21. The maximum atomic E-state index is 13.4. The lowest BCUT2D eigenvalue weighted by Crippen LogP contribution is -2.64. The second-order valence-corrected chi connectivity index (χ2v) is 14.1. The zero-order valence-corrected chi connectivity index (χ0v) is 21.8. The van der Waals surface area contributed by atoms with Crippen LogP contribution in [0.25, 0.3) is 0 Å². The fraction of sp³-hybridized carbons (Fsp3) is 0.786. The Balaban J connectivity index is 1.32. The number of aliphatic hydroxyl groups excluding tert-OH is 1. The van der Waals surface area contributed by atoms with Crippen molar-refractivity contribution in [2.24, 2.45) is 34.5 Å². The van der Waals surface area contributed by atoms with Crippen molar-refractivity contribution in [1.82, 2.24) is 0 Å². The molecular weight excluding hydrogens is 448 g/mol. The van der Waals surface area contributed by atoms with E-state index in [1.807, 2.05) is 25.6 Å². The molecule has 4 fully saturated rings. The van der Waals surface area contributed by atoms with Crippen molar-refractivity contribution >= 4 is 23.5 Å². The number of hydrogen-bond donors (Lipinski definition) is 2. The summed E-state index contributed by atoms with van der Waals surface area (Å²) in [5.74, 6) is 0.723. The van der Waals surface area contributed by atoms with E-state index in [0.717, 1.165) is 31.3 Å². The topological polar surface area (TPSA) is 83.8 Å². The molecule has 0 bridgehead atoms. The van der Waals surface area contributed by atoms with E-state index in [1.165, 1.54) is 0 Å². The van der Waals surface area contributed by atoms with Crippen LogP contribution >= 0.6 is 11.8 Å². The van der Waals surface area contributed by atoms with Crippen molar-refractivity contribution in [2.75, 3.05) is 0 Å². The Morgan fingerprint density at radius 2 is 1.85 bits per heavy atom. The minimum absolute atomic E-state index is 0.152. The fourth-order valence-electron chi connectivity index (χ4n) is 9.47. The normalized spacial score (nSPS) is 54.6. The third kappa shape index (κ3) is 2.51. The smallest absolute Gasteiger partial charge is 0.333 e. The van der Waals surface area contributed by atoms with Gasteiger partial charge in [0, 0.05) is 23.2 Å². The van der Waals surface area contributed by atoms with Crippen LogP contribution < -0.4 is 0 Å². The molecule has 2 aliphatic heterocycles. The van der Waals surface area contributed by atoms with Crippen LogP contribution in [0.4, 0.5) is 0 Å². The number of carbonyl (C=O) groups is 2. The van der Waals surface area contributed by atoms with Crippen molar-refractivity contribution < 1.29 is 24.5 Å². The lowest BCUT2D eigenvalue weighted by Gasteiger charge is -2.60. The Morgan fingerprint density at radius 3 is 2.56 bits per heavy atom. The number of carbonyl (C=O) groups excluding carboxylic acids is 2. The first-order valence-electron chi connectivity index (χ1n) is 13.1. The van der Waals surface area contributed by atoms with E-state index in [2.05, 4.69) is 20.8 Å². The van der Waals surface area contributed by atoms with Gasteiger partial charge >= 0.3 is 5.97 Å². The zero-order chi connectivity index (χ0) is 24.4. The first-order chi connectivity index (χ1) is 15.9. The van der Waals surface area contributed by atoms with E-state index in [9.17, 15) is 19.8 Å². The number of cyclic esters (lactones) is 1. The van der Waals surface area contributed by atoms with Gasteiger partial charge in [0.05, 0.1) is 21.9 Å². The van der Waals surface area contributed by atoms with Crippen molar-refractivity contribution in [3.63, 3.8) is 0 Å². The Hall–Kier alpha value is -1.11. The molecule has 186 valence electrons. The molecule has 4 aliphatic carbocycles. The van der Waals surface area contributed by atoms with Gasteiger partial charge in [0.2, 0.25) is 0 Å². The molecule has 1 unspecified atom stereocenters. The maximum Gasteiger partial charge on any atom is 0.333 e. The summed E-state index contributed by atoms with van der Waals surface area (Å²) in [7, 11) is 0. The number of rotatable bonds is 2. The van der Waals surface area contributed by atoms with Crippen LogP contribution in [-0.2, 0) is 14.3 Å². The van der Waals surface area contributed by atoms with E-state index in [4.69, 9.17) is 4.74 Å². The van der Waals surface area contributed by atoms with Crippen molar-refractivity contribution in [3.8, 4) is 0 Å². The van der Waals surface area contributed by atoms with E-state index in [0.29, 0.717) is 35.5 Å². The highest BCUT2D eigenvalue weighted by atomic mass is 32.2. The summed E-state index contributed by atoms with van der Waals surface area (Å²) < 4.78 is 5.48. The molecule has 2 heterocycles. The number of fused-ring (bicyclic) bond motifs is 4. The average molecular weight is 487 g/mol. The molecule has 6 rings (SSSR count). The van der Waals surface area contributed by atoms with Crippen LogP contribution in [0, 0.1) is 34.5 Å². The van der Waals surface area contributed by atoms with Crippen LogP contribution in [0.1, 0.15) is 73.1 Å². The Bertz CT molecular complexity index is 1030. The Labute approximate surface area is 206 Å². The highest BCUT2D eigenvalue weighted by Crippen LogP contribution is 2.79. The highest BCUT2D eigenvalue weighted by Gasteiger charge is 2.79. The van der Waals surface area contributed by atoms with E-state index < -0.39 is 17.1 Å². The minimum Gasteiger partial charge on any atom is -0.458 e. The summed E-state index contributed by atoms with van der Waals surface area (Å²) in [5, 5.41) is 23.6. The standard InChI is InChI=1S/C28H38O5S/c1-14-12-20(33-24(31)15(14)2)16(3)27(32)11-9-18-17-13-23-28(34-23)22(30)7-6-21(29)26(28,5)19(17)8-10-25(18,27)4/h6-7,16-20,22-23,30,32H,8-13H2,1-5H3/t16-,17+,18+,19+,20?,22+,23+,25+,26+,27+,28+/m1/s1. The molecule has 2 N–H and O–H groups in total. The number of thioether (sulfide) groups is 1. The average Bonchev–Trinajstić information content (AvgIpc) is 3.47. The summed E-state index contributed by atoms with van der Waals surface area (Å²) in [6.07, 6.45) is 7.61. The van der Waals surface area contributed by atoms with Crippen molar-refractivity contribution in [1.29, 1.82) is 0 Å². The molecule has 34 heavy (non-hydrogen) atoms. The summed E-state index contributed by atoms with van der Waals surface area (Å²) in [6, 6.07) is 0. The Morgan fingerprint density at radius 1 is 1.15 bits per heavy atom. The first kappa shape index (κ1) is 23.3. The molecule has 0 aromatic heterocycles. The van der Waals surface area contributed by atoms with Gasteiger partial charge in [0.15, 0.2) is 5.78 Å². The van der Waals surface area contributed by atoms with Gasteiger partial charge in [-0.1, -0.05) is 32.4 Å². The van der Waals surface area contributed by atoms with Gasteiger partial charge in [-0.25, -0.2) is 4.79 Å². The molecule has 6 aliphatic rings. The molecule has 6 heteroatoms. The second kappa shape index (κ2) is 7.01. The predicted molar refractivity (Wildman–Crippen MR) is 131 cm³/mol. The number of esters is 1. The van der Waals surface area contributed by atoms with Crippen molar-refractivity contribution in [3.05, 3.63) is 23.3 Å². The van der Waals surface area contributed by atoms with Crippen LogP contribution in [-0.4, -0.2) is 49.8 Å². The minimum atomic E-state index is -0.902. The van der Waals surface area contributed by atoms with Crippen molar-refractivity contribution in [2.45, 2.75) is 101 Å². The summed E-state index contributed by atoms with van der Waals surface area (Å²) in [6.45, 7) is 10.3. The molecule has 0 radical (unpaired) electrons. The number of allylic oxidation sites excluding steroid dienone is 1.